The summed E-state index contributed by atoms with van der Waals surface area (Å²) in [5, 5.41) is 6.65. The molecule has 0 radical (unpaired) electrons. The predicted octanol–water partition coefficient (Wildman–Crippen LogP) is 1.30. The molecule has 0 aliphatic carbocycles. The Kier molecular flexibility index (Phi) is 5.92. The monoisotopic (exact) mass is 334 g/mol. The number of benzene rings is 1. The first-order valence-electron chi connectivity index (χ1n) is 7.61. The van der Waals surface area contributed by atoms with Crippen molar-refractivity contribution < 1.29 is 9.59 Å². The number of carbonyl (C=O) groups excluding carboxylic acids is 2. The molecular weight excluding hydrogens is 312 g/mol. The third-order valence-electron chi connectivity index (χ3n) is 3.63. The largest absolute Gasteiger partial charge is 0.361 e. The molecule has 1 aromatic rings. The van der Waals surface area contributed by atoms with E-state index in [1.54, 1.807) is 26.2 Å². The Bertz CT molecular complexity index is 586. The number of nitrogens with zero attached hydrogens (tertiary/aromatic N) is 2. The first kappa shape index (κ1) is 17.2. The highest BCUT2D eigenvalue weighted by Gasteiger charge is 2.19. The minimum Gasteiger partial charge on any atom is -0.361 e. The number of rotatable bonds is 5. The van der Waals surface area contributed by atoms with Crippen LogP contribution in [-0.4, -0.2) is 60.5 Å². The van der Waals surface area contributed by atoms with E-state index in [0.29, 0.717) is 30.2 Å². The highest BCUT2D eigenvalue weighted by Crippen LogP contribution is 2.11. The molecule has 1 aliphatic heterocycles. The first-order chi connectivity index (χ1) is 11.0. The molecule has 0 saturated carbocycles. The van der Waals surface area contributed by atoms with Crippen LogP contribution in [0, 0.1) is 0 Å². The van der Waals surface area contributed by atoms with Gasteiger partial charge in [-0.2, -0.15) is 0 Å². The van der Waals surface area contributed by atoms with Gasteiger partial charge in [0, 0.05) is 51.4 Å². The van der Waals surface area contributed by atoms with Gasteiger partial charge >= 0.3 is 0 Å². The van der Waals surface area contributed by atoms with E-state index in [1.165, 1.54) is 4.90 Å². The number of anilines is 1. The maximum absolute atomic E-state index is 11.8. The molecule has 0 aromatic heterocycles. The maximum Gasteiger partial charge on any atom is 0.253 e. The van der Waals surface area contributed by atoms with Gasteiger partial charge in [0.25, 0.3) is 5.91 Å². The predicted molar refractivity (Wildman–Crippen MR) is 94.5 cm³/mol. The number of hydrogen-bond donors (Lipinski definition) is 2. The van der Waals surface area contributed by atoms with Crippen LogP contribution in [0.4, 0.5) is 5.69 Å². The highest BCUT2D eigenvalue weighted by atomic mass is 32.1. The van der Waals surface area contributed by atoms with E-state index >= 15 is 0 Å². The Labute approximate surface area is 141 Å². The fourth-order valence-electron chi connectivity index (χ4n) is 2.37. The Morgan fingerprint density at radius 3 is 2.57 bits per heavy atom. The van der Waals surface area contributed by atoms with E-state index in [-0.39, 0.29) is 11.8 Å². The third-order valence-corrected chi connectivity index (χ3v) is 3.88. The Hall–Kier alpha value is -2.15. The van der Waals surface area contributed by atoms with Crippen LogP contribution in [0.3, 0.4) is 0 Å². The Balaban J connectivity index is 1.76. The number of amides is 2. The summed E-state index contributed by atoms with van der Waals surface area (Å²) in [5.41, 5.74) is 1.45. The van der Waals surface area contributed by atoms with Gasteiger partial charge in [-0.3, -0.25) is 9.59 Å². The zero-order chi connectivity index (χ0) is 16.8. The standard InChI is InChI=1S/C16H22N4O2S/c1-19(2)15(22)12-5-7-13(8-6-12)18-16(23)17-9-11-20-10-3-4-14(20)21/h5-8H,3-4,9-11H2,1-2H3,(H2,17,18,23). The van der Waals surface area contributed by atoms with E-state index in [9.17, 15) is 9.59 Å². The average Bonchev–Trinajstić information content (AvgIpc) is 2.92. The van der Waals surface area contributed by atoms with Crippen LogP contribution in [0.15, 0.2) is 24.3 Å². The summed E-state index contributed by atoms with van der Waals surface area (Å²) in [6.45, 7) is 2.12. The van der Waals surface area contributed by atoms with E-state index in [4.69, 9.17) is 12.2 Å². The lowest BCUT2D eigenvalue weighted by Gasteiger charge is -2.17. The van der Waals surface area contributed by atoms with Crippen molar-refractivity contribution in [2.75, 3.05) is 39.0 Å². The van der Waals surface area contributed by atoms with Crippen molar-refractivity contribution in [2.45, 2.75) is 12.8 Å². The number of thiocarbonyl (C=S) groups is 1. The van der Waals surface area contributed by atoms with Crippen LogP contribution in [0.25, 0.3) is 0 Å². The molecule has 1 heterocycles. The number of nitrogens with one attached hydrogen (secondary N) is 2. The summed E-state index contributed by atoms with van der Waals surface area (Å²) in [4.78, 5) is 26.7. The molecule has 124 valence electrons. The van der Waals surface area contributed by atoms with Gasteiger partial charge in [0.2, 0.25) is 5.91 Å². The van der Waals surface area contributed by atoms with Crippen LogP contribution in [-0.2, 0) is 4.79 Å². The molecule has 1 fully saturated rings. The van der Waals surface area contributed by atoms with Gasteiger partial charge in [0.05, 0.1) is 0 Å². The van der Waals surface area contributed by atoms with Crippen LogP contribution in [0.1, 0.15) is 23.2 Å². The quantitative estimate of drug-likeness (QED) is 0.795. The number of carbonyl (C=O) groups is 2. The van der Waals surface area contributed by atoms with Crippen LogP contribution < -0.4 is 10.6 Å². The van der Waals surface area contributed by atoms with Crippen molar-refractivity contribution >= 4 is 34.8 Å². The molecule has 6 nitrogen and oxygen atoms in total. The summed E-state index contributed by atoms with van der Waals surface area (Å²) in [7, 11) is 3.44. The van der Waals surface area contributed by atoms with Gasteiger partial charge in [-0.15, -0.1) is 0 Å². The van der Waals surface area contributed by atoms with E-state index in [0.717, 1.165) is 18.7 Å². The van der Waals surface area contributed by atoms with Crippen molar-refractivity contribution in [2.24, 2.45) is 0 Å². The summed E-state index contributed by atoms with van der Waals surface area (Å²) in [6, 6.07) is 7.15. The van der Waals surface area contributed by atoms with E-state index in [2.05, 4.69) is 10.6 Å². The van der Waals surface area contributed by atoms with Crippen molar-refractivity contribution in [1.82, 2.24) is 15.1 Å². The molecule has 0 unspecified atom stereocenters. The van der Waals surface area contributed by atoms with Gasteiger partial charge in [-0.05, 0) is 42.9 Å². The molecule has 0 spiro atoms. The fourth-order valence-corrected chi connectivity index (χ4v) is 2.59. The lowest BCUT2D eigenvalue weighted by Crippen LogP contribution is -2.37. The van der Waals surface area contributed by atoms with Crippen molar-refractivity contribution in [3.63, 3.8) is 0 Å². The van der Waals surface area contributed by atoms with Gasteiger partial charge in [0.15, 0.2) is 5.11 Å². The molecular formula is C16H22N4O2S. The molecule has 1 aliphatic rings. The fraction of sp³-hybridized carbons (Fsp3) is 0.438. The molecule has 1 aromatic carbocycles. The van der Waals surface area contributed by atoms with Crippen molar-refractivity contribution in [3.8, 4) is 0 Å². The summed E-state index contributed by atoms with van der Waals surface area (Å²) < 4.78 is 0. The summed E-state index contributed by atoms with van der Waals surface area (Å²) in [6.07, 6.45) is 1.60. The van der Waals surface area contributed by atoms with Crippen LogP contribution in [0.5, 0.6) is 0 Å². The summed E-state index contributed by atoms with van der Waals surface area (Å²) in [5.74, 6) is 0.180. The third kappa shape index (κ3) is 4.92. The minimum absolute atomic E-state index is 0.0347. The lowest BCUT2D eigenvalue weighted by atomic mass is 10.2. The molecule has 2 amide bonds. The topological polar surface area (TPSA) is 64.7 Å². The maximum atomic E-state index is 11.8. The molecule has 7 heteroatoms. The second kappa shape index (κ2) is 7.92. The number of hydrogen-bond acceptors (Lipinski definition) is 3. The van der Waals surface area contributed by atoms with Crippen LogP contribution >= 0.6 is 12.2 Å². The zero-order valence-corrected chi connectivity index (χ0v) is 14.3. The molecule has 1 saturated heterocycles. The normalized spacial score (nSPS) is 13.8. The van der Waals surface area contributed by atoms with E-state index in [1.807, 2.05) is 17.0 Å². The number of likely N-dealkylation sites (tertiary alicyclic amines) is 1. The van der Waals surface area contributed by atoms with Crippen LogP contribution in [0.2, 0.25) is 0 Å². The molecule has 0 atom stereocenters. The second-order valence-electron chi connectivity index (χ2n) is 5.64. The molecule has 2 N–H and O–H groups in total. The Morgan fingerprint density at radius 2 is 2.00 bits per heavy atom. The zero-order valence-electron chi connectivity index (χ0n) is 13.5. The first-order valence-corrected chi connectivity index (χ1v) is 8.02. The summed E-state index contributed by atoms with van der Waals surface area (Å²) >= 11 is 5.23. The van der Waals surface area contributed by atoms with Gasteiger partial charge in [0.1, 0.15) is 0 Å². The average molecular weight is 334 g/mol. The molecule has 0 bridgehead atoms. The molecule has 23 heavy (non-hydrogen) atoms. The highest BCUT2D eigenvalue weighted by molar-refractivity contribution is 7.80. The van der Waals surface area contributed by atoms with Crippen molar-refractivity contribution in [3.05, 3.63) is 29.8 Å². The van der Waals surface area contributed by atoms with Gasteiger partial charge in [-0.1, -0.05) is 0 Å². The molecule has 2 rings (SSSR count). The SMILES string of the molecule is CN(C)C(=O)c1ccc(NC(=S)NCCN2CCCC2=O)cc1. The van der Waals surface area contributed by atoms with Gasteiger partial charge in [-0.25, -0.2) is 0 Å². The smallest absolute Gasteiger partial charge is 0.253 e. The minimum atomic E-state index is -0.0347. The van der Waals surface area contributed by atoms with Crippen molar-refractivity contribution in [1.29, 1.82) is 0 Å². The Morgan fingerprint density at radius 1 is 1.30 bits per heavy atom. The lowest BCUT2D eigenvalue weighted by molar-refractivity contribution is -0.127. The van der Waals surface area contributed by atoms with E-state index < -0.39 is 0 Å². The second-order valence-corrected chi connectivity index (χ2v) is 6.05. The van der Waals surface area contributed by atoms with Gasteiger partial charge < -0.3 is 20.4 Å².